The number of aryl methyl sites for hydroxylation is 1. The summed E-state index contributed by atoms with van der Waals surface area (Å²) in [5.74, 6) is -1.57. The Morgan fingerprint density at radius 1 is 0.949 bits per heavy atom. The van der Waals surface area contributed by atoms with Crippen molar-refractivity contribution in [2.24, 2.45) is 0 Å². The van der Waals surface area contributed by atoms with Crippen LogP contribution >= 0.6 is 0 Å². The van der Waals surface area contributed by atoms with Crippen molar-refractivity contribution >= 4 is 10.0 Å². The Kier molecular flexibility index (Phi) is 7.34. The van der Waals surface area contributed by atoms with E-state index in [-0.39, 0.29) is 19.2 Å². The molecule has 3 aromatic rings. The van der Waals surface area contributed by atoms with Gasteiger partial charge in [-0.2, -0.15) is 17.5 Å². The van der Waals surface area contributed by atoms with Gasteiger partial charge in [0.15, 0.2) is 0 Å². The molecule has 0 unspecified atom stereocenters. The first-order valence-corrected chi connectivity index (χ1v) is 14.3. The third-order valence-corrected chi connectivity index (χ3v) is 9.97. The molecule has 2 saturated heterocycles. The Hall–Kier alpha value is -2.79. The van der Waals surface area contributed by atoms with Crippen LogP contribution in [0.25, 0.3) is 11.1 Å². The minimum absolute atomic E-state index is 0.0374. The van der Waals surface area contributed by atoms with Crippen LogP contribution in [-0.2, 0) is 16.2 Å². The number of aliphatic hydroxyl groups is 1. The first-order chi connectivity index (χ1) is 18.4. The van der Waals surface area contributed by atoms with E-state index in [0.717, 1.165) is 27.1 Å². The molecule has 0 aromatic heterocycles. The fourth-order valence-corrected chi connectivity index (χ4v) is 7.44. The monoisotopic (exact) mass is 562 g/mol. The van der Waals surface area contributed by atoms with Gasteiger partial charge in [0.25, 0.3) is 0 Å². The quantitative estimate of drug-likeness (QED) is 0.415. The molecule has 2 aliphatic heterocycles. The number of rotatable bonds is 4. The van der Waals surface area contributed by atoms with Crippen molar-refractivity contribution in [3.8, 4) is 11.1 Å². The zero-order valence-corrected chi connectivity index (χ0v) is 22.4. The number of hydrogen-bond acceptors (Lipinski definition) is 4. The molecule has 5 rings (SSSR count). The molecule has 3 atom stereocenters. The van der Waals surface area contributed by atoms with Crippen LogP contribution in [0, 0.1) is 19.7 Å². The molecule has 2 aliphatic rings. The summed E-state index contributed by atoms with van der Waals surface area (Å²) in [6.07, 6.45) is -4.87. The topological polar surface area (TPSA) is 60.9 Å². The van der Waals surface area contributed by atoms with Gasteiger partial charge >= 0.3 is 6.18 Å². The van der Waals surface area contributed by atoms with Crippen LogP contribution in [0.4, 0.5) is 17.6 Å². The highest BCUT2D eigenvalue weighted by atomic mass is 32.2. The van der Waals surface area contributed by atoms with E-state index in [1.807, 2.05) is 49.4 Å². The highest BCUT2D eigenvalue weighted by Gasteiger charge is 2.50. The number of nitrogens with zero attached hydrogens (tertiary/aromatic N) is 2. The number of halogens is 4. The van der Waals surface area contributed by atoms with E-state index >= 15 is 0 Å². The SMILES string of the molecule is Cc1cccc(-c2ccc([C@@H]3[C@@H](O)N4CCCCN(S(=O)(=O)c5ccc(F)cc5C(F)(F)F)C[C@@H]34)cc2)c1C. The fourth-order valence-electron chi connectivity index (χ4n) is 5.75. The van der Waals surface area contributed by atoms with Gasteiger partial charge in [-0.05, 0) is 72.7 Å². The molecule has 2 heterocycles. The van der Waals surface area contributed by atoms with E-state index in [1.54, 1.807) is 4.90 Å². The van der Waals surface area contributed by atoms with Gasteiger partial charge in [-0.1, -0.05) is 42.5 Å². The van der Waals surface area contributed by atoms with Crippen LogP contribution in [-0.4, -0.2) is 54.6 Å². The van der Waals surface area contributed by atoms with Crippen LogP contribution in [0.2, 0.25) is 0 Å². The van der Waals surface area contributed by atoms with E-state index < -0.39 is 50.7 Å². The largest absolute Gasteiger partial charge is 0.417 e. The molecular weight excluding hydrogens is 532 g/mol. The first-order valence-electron chi connectivity index (χ1n) is 12.9. The summed E-state index contributed by atoms with van der Waals surface area (Å²) in [5.41, 5.74) is 3.76. The van der Waals surface area contributed by atoms with Gasteiger partial charge in [0.05, 0.1) is 10.5 Å². The average molecular weight is 563 g/mol. The molecule has 208 valence electrons. The molecule has 0 bridgehead atoms. The number of hydrogen-bond donors (Lipinski definition) is 1. The van der Waals surface area contributed by atoms with Crippen molar-refractivity contribution in [1.29, 1.82) is 0 Å². The molecule has 0 saturated carbocycles. The van der Waals surface area contributed by atoms with Gasteiger partial charge in [0, 0.05) is 31.6 Å². The summed E-state index contributed by atoms with van der Waals surface area (Å²) in [7, 11) is -4.59. The van der Waals surface area contributed by atoms with Crippen LogP contribution in [0.3, 0.4) is 0 Å². The first kappa shape index (κ1) is 27.8. The molecule has 0 aliphatic carbocycles. The van der Waals surface area contributed by atoms with E-state index in [9.17, 15) is 31.1 Å². The number of benzene rings is 3. The summed E-state index contributed by atoms with van der Waals surface area (Å²) in [6, 6.07) is 15.1. The molecule has 2 fully saturated rings. The van der Waals surface area contributed by atoms with Crippen molar-refractivity contribution < 1.29 is 31.1 Å². The Bertz CT molecular complexity index is 1470. The van der Waals surface area contributed by atoms with Crippen molar-refractivity contribution in [2.45, 2.75) is 55.9 Å². The molecule has 3 aromatic carbocycles. The van der Waals surface area contributed by atoms with Crippen molar-refractivity contribution in [3.63, 3.8) is 0 Å². The average Bonchev–Trinajstić information content (AvgIpc) is 2.87. The van der Waals surface area contributed by atoms with Crippen molar-refractivity contribution in [1.82, 2.24) is 9.21 Å². The summed E-state index contributed by atoms with van der Waals surface area (Å²) in [4.78, 5) is 0.845. The highest BCUT2D eigenvalue weighted by molar-refractivity contribution is 7.89. The molecule has 5 nitrogen and oxygen atoms in total. The standard InChI is InChI=1S/C29H30F4N2O3S/c1-18-6-5-7-23(19(18)2)20-8-10-21(11-9-20)27-25-17-34(14-3-4-15-35(25)28(27)36)39(37,38)26-13-12-22(30)16-24(26)29(31,32)33/h5-13,16,25,27-28,36H,3-4,14-15,17H2,1-2H3/t25-,27-,28+/m0/s1. The minimum atomic E-state index is -5.04. The summed E-state index contributed by atoms with van der Waals surface area (Å²) in [6.45, 7) is 4.61. The van der Waals surface area contributed by atoms with Gasteiger partial charge in [-0.25, -0.2) is 12.8 Å². The molecule has 0 radical (unpaired) electrons. The zero-order chi connectivity index (χ0) is 28.1. The maximum atomic E-state index is 13.7. The van der Waals surface area contributed by atoms with Gasteiger partial charge in [-0.3, -0.25) is 4.90 Å². The van der Waals surface area contributed by atoms with Crippen LogP contribution < -0.4 is 0 Å². The summed E-state index contributed by atoms with van der Waals surface area (Å²) >= 11 is 0. The van der Waals surface area contributed by atoms with Crippen molar-refractivity contribution in [2.75, 3.05) is 19.6 Å². The maximum absolute atomic E-state index is 13.7. The lowest BCUT2D eigenvalue weighted by molar-refractivity contribution is -0.148. The van der Waals surface area contributed by atoms with E-state index in [0.29, 0.717) is 25.5 Å². The second-order valence-corrected chi connectivity index (χ2v) is 12.2. The van der Waals surface area contributed by atoms with Gasteiger partial charge in [0.1, 0.15) is 12.0 Å². The smallest absolute Gasteiger partial charge is 0.378 e. The Labute approximate surface area is 225 Å². The Balaban J connectivity index is 1.45. The van der Waals surface area contributed by atoms with Crippen LogP contribution in [0.5, 0.6) is 0 Å². The third kappa shape index (κ3) is 5.11. The second-order valence-electron chi connectivity index (χ2n) is 10.3. The number of sulfonamides is 1. The zero-order valence-electron chi connectivity index (χ0n) is 21.6. The predicted molar refractivity (Wildman–Crippen MR) is 140 cm³/mol. The van der Waals surface area contributed by atoms with Crippen LogP contribution in [0.15, 0.2) is 65.6 Å². The van der Waals surface area contributed by atoms with E-state index in [1.165, 1.54) is 11.1 Å². The number of aliphatic hydroxyl groups excluding tert-OH is 1. The number of fused-ring (bicyclic) bond motifs is 1. The van der Waals surface area contributed by atoms with E-state index in [2.05, 4.69) is 6.92 Å². The molecule has 0 amide bonds. The fraction of sp³-hybridized carbons (Fsp3) is 0.379. The Morgan fingerprint density at radius 3 is 2.33 bits per heavy atom. The number of alkyl halides is 3. The van der Waals surface area contributed by atoms with E-state index in [4.69, 9.17) is 0 Å². The maximum Gasteiger partial charge on any atom is 0.417 e. The van der Waals surface area contributed by atoms with Gasteiger partial charge < -0.3 is 5.11 Å². The second kappa shape index (κ2) is 10.3. The molecule has 39 heavy (non-hydrogen) atoms. The Morgan fingerprint density at radius 2 is 1.64 bits per heavy atom. The van der Waals surface area contributed by atoms with Crippen molar-refractivity contribution in [3.05, 3.63) is 88.7 Å². The summed E-state index contributed by atoms with van der Waals surface area (Å²) < 4.78 is 82.7. The predicted octanol–water partition coefficient (Wildman–Crippen LogP) is 5.70. The molecule has 1 N–H and O–H groups in total. The van der Waals surface area contributed by atoms with Gasteiger partial charge in [-0.15, -0.1) is 0 Å². The lowest BCUT2D eigenvalue weighted by atomic mass is 9.79. The minimum Gasteiger partial charge on any atom is -0.378 e. The third-order valence-electron chi connectivity index (χ3n) is 8.04. The molecule has 10 heteroatoms. The normalized spacial score (nSPS) is 23.0. The van der Waals surface area contributed by atoms with Crippen LogP contribution in [0.1, 0.15) is 41.0 Å². The summed E-state index contributed by atoms with van der Waals surface area (Å²) in [5, 5.41) is 11.0. The molecular formula is C29H30F4N2O3S. The lowest BCUT2D eigenvalue weighted by Gasteiger charge is -2.55. The molecule has 0 spiro atoms. The highest BCUT2D eigenvalue weighted by Crippen LogP contribution is 2.43. The van der Waals surface area contributed by atoms with Gasteiger partial charge in [0.2, 0.25) is 10.0 Å². The lowest BCUT2D eigenvalue weighted by Crippen LogP contribution is -2.66.